The Morgan fingerprint density at radius 3 is 2.67 bits per heavy atom. The van der Waals surface area contributed by atoms with Crippen molar-refractivity contribution in [2.24, 2.45) is 0 Å². The van der Waals surface area contributed by atoms with Crippen LogP contribution >= 0.6 is 11.8 Å². The Morgan fingerprint density at radius 1 is 1.10 bits per heavy atom. The predicted molar refractivity (Wildman–Crippen MR) is 119 cm³/mol. The summed E-state index contributed by atoms with van der Waals surface area (Å²) in [4.78, 5) is 15.2. The molecule has 1 aliphatic heterocycles. The molecular formula is C23H24N4O2S. The van der Waals surface area contributed by atoms with E-state index in [1.807, 2.05) is 54.2 Å². The summed E-state index contributed by atoms with van der Waals surface area (Å²) in [5.74, 6) is 3.95. The number of amides is 1. The number of thioether (sulfide) groups is 1. The molecule has 6 nitrogen and oxygen atoms in total. The summed E-state index contributed by atoms with van der Waals surface area (Å²) in [5, 5.41) is 11.2. The fourth-order valence-corrected chi connectivity index (χ4v) is 4.55. The van der Waals surface area contributed by atoms with Crippen molar-refractivity contribution in [1.29, 1.82) is 0 Å². The topological polar surface area (TPSA) is 71.3 Å². The maximum Gasteiger partial charge on any atom is 0.255 e. The number of nitrogens with zero attached hydrogens (tertiary/aromatic N) is 3. The standard InChI is InChI=1S/C23H24N4O2S/c28-21(19-3-1-2-16(14-19)15-27-10-12-30-13-11-27)24-20-8-6-18(7-9-20)23-26-25-22(29-23)17-4-5-17/h1-3,6-9,14,17H,4-5,10-13,15H2,(H,24,28). The molecule has 0 radical (unpaired) electrons. The third-order valence-electron chi connectivity index (χ3n) is 5.46. The van der Waals surface area contributed by atoms with Crippen LogP contribution in [0.25, 0.3) is 11.5 Å². The molecular weight excluding hydrogens is 396 g/mol. The van der Waals surface area contributed by atoms with E-state index in [0.29, 0.717) is 17.4 Å². The summed E-state index contributed by atoms with van der Waals surface area (Å²) in [6.07, 6.45) is 2.26. The second-order valence-electron chi connectivity index (χ2n) is 7.84. The Hall–Kier alpha value is -2.64. The zero-order valence-corrected chi connectivity index (χ0v) is 17.5. The lowest BCUT2D eigenvalue weighted by Crippen LogP contribution is -2.32. The number of nitrogens with one attached hydrogen (secondary N) is 1. The third-order valence-corrected chi connectivity index (χ3v) is 6.40. The van der Waals surface area contributed by atoms with E-state index in [9.17, 15) is 4.79 Å². The fourth-order valence-electron chi connectivity index (χ4n) is 3.57. The molecule has 1 saturated heterocycles. The summed E-state index contributed by atoms with van der Waals surface area (Å²) >= 11 is 2.00. The third kappa shape index (κ3) is 4.57. The zero-order chi connectivity index (χ0) is 20.3. The number of anilines is 1. The normalized spacial score (nSPS) is 17.1. The lowest BCUT2D eigenvalue weighted by atomic mass is 10.1. The highest BCUT2D eigenvalue weighted by atomic mass is 32.2. The van der Waals surface area contributed by atoms with Gasteiger partial charge < -0.3 is 9.73 Å². The van der Waals surface area contributed by atoms with Crippen LogP contribution in [-0.2, 0) is 6.54 Å². The van der Waals surface area contributed by atoms with Gasteiger partial charge in [0.15, 0.2) is 0 Å². The van der Waals surface area contributed by atoms with Gasteiger partial charge in [-0.2, -0.15) is 11.8 Å². The van der Waals surface area contributed by atoms with Gasteiger partial charge in [-0.3, -0.25) is 9.69 Å². The van der Waals surface area contributed by atoms with Gasteiger partial charge in [-0.1, -0.05) is 12.1 Å². The highest BCUT2D eigenvalue weighted by Gasteiger charge is 2.29. The minimum Gasteiger partial charge on any atom is -0.420 e. The van der Waals surface area contributed by atoms with Gasteiger partial charge in [-0.25, -0.2) is 0 Å². The molecule has 2 aliphatic rings. The summed E-state index contributed by atoms with van der Waals surface area (Å²) in [5.41, 5.74) is 3.44. The van der Waals surface area contributed by atoms with Crippen LogP contribution in [0.2, 0.25) is 0 Å². The van der Waals surface area contributed by atoms with Crippen LogP contribution in [0.4, 0.5) is 5.69 Å². The molecule has 1 saturated carbocycles. The molecule has 2 fully saturated rings. The van der Waals surface area contributed by atoms with Gasteiger partial charge in [0.05, 0.1) is 0 Å². The van der Waals surface area contributed by atoms with Crippen LogP contribution in [0.3, 0.4) is 0 Å². The quantitative estimate of drug-likeness (QED) is 0.637. The van der Waals surface area contributed by atoms with Crippen LogP contribution < -0.4 is 5.32 Å². The number of hydrogen-bond donors (Lipinski definition) is 1. The summed E-state index contributed by atoms with van der Waals surface area (Å²) in [6.45, 7) is 3.11. The molecule has 5 rings (SSSR count). The van der Waals surface area contributed by atoms with Crippen LogP contribution in [0.1, 0.15) is 40.6 Å². The highest BCUT2D eigenvalue weighted by molar-refractivity contribution is 7.99. The number of carbonyl (C=O) groups excluding carboxylic acids is 1. The first kappa shape index (κ1) is 19.3. The molecule has 0 spiro atoms. The Balaban J connectivity index is 1.23. The van der Waals surface area contributed by atoms with Crippen LogP contribution in [-0.4, -0.2) is 45.6 Å². The maximum absolute atomic E-state index is 12.7. The number of aromatic nitrogens is 2. The average Bonchev–Trinajstić information content (AvgIpc) is 3.52. The SMILES string of the molecule is O=C(Nc1ccc(-c2nnc(C3CC3)o2)cc1)c1cccc(CN2CCSCC2)c1. The van der Waals surface area contributed by atoms with E-state index >= 15 is 0 Å². The lowest BCUT2D eigenvalue weighted by molar-refractivity contribution is 0.102. The second-order valence-corrected chi connectivity index (χ2v) is 9.06. The van der Waals surface area contributed by atoms with Crippen molar-refractivity contribution < 1.29 is 9.21 Å². The van der Waals surface area contributed by atoms with Crippen molar-refractivity contribution in [3.8, 4) is 11.5 Å². The first-order valence-electron chi connectivity index (χ1n) is 10.4. The van der Waals surface area contributed by atoms with E-state index in [4.69, 9.17) is 4.42 Å². The summed E-state index contributed by atoms with van der Waals surface area (Å²) in [7, 11) is 0. The average molecular weight is 421 g/mol. The smallest absolute Gasteiger partial charge is 0.255 e. The summed E-state index contributed by atoms with van der Waals surface area (Å²) in [6, 6.07) is 15.4. The fraction of sp³-hybridized carbons (Fsp3) is 0.348. The number of benzene rings is 2. The molecule has 2 aromatic carbocycles. The van der Waals surface area contributed by atoms with Crippen LogP contribution in [0.15, 0.2) is 52.9 Å². The van der Waals surface area contributed by atoms with Gasteiger partial charge in [0.1, 0.15) is 0 Å². The monoisotopic (exact) mass is 420 g/mol. The molecule has 7 heteroatoms. The number of rotatable bonds is 6. The predicted octanol–water partition coefficient (Wildman–Crippen LogP) is 4.42. The molecule has 3 aromatic rings. The van der Waals surface area contributed by atoms with Crippen molar-refractivity contribution in [3.05, 3.63) is 65.5 Å². The van der Waals surface area contributed by atoms with Gasteiger partial charge in [0.2, 0.25) is 11.8 Å². The number of hydrogen-bond acceptors (Lipinski definition) is 6. The van der Waals surface area contributed by atoms with Crippen LogP contribution in [0.5, 0.6) is 0 Å². The Bertz CT molecular complexity index is 1020. The first-order valence-corrected chi connectivity index (χ1v) is 11.5. The molecule has 1 aromatic heterocycles. The Morgan fingerprint density at radius 2 is 1.90 bits per heavy atom. The van der Waals surface area contributed by atoms with Crippen molar-refractivity contribution >= 4 is 23.4 Å². The minimum atomic E-state index is -0.104. The Kier molecular flexibility index (Phi) is 5.55. The molecule has 0 bridgehead atoms. The van der Waals surface area contributed by atoms with Crippen molar-refractivity contribution in [3.63, 3.8) is 0 Å². The molecule has 1 amide bonds. The molecule has 154 valence electrons. The minimum absolute atomic E-state index is 0.104. The van der Waals surface area contributed by atoms with Gasteiger partial charge >= 0.3 is 0 Å². The van der Waals surface area contributed by atoms with Crippen molar-refractivity contribution in [1.82, 2.24) is 15.1 Å². The van der Waals surface area contributed by atoms with E-state index in [0.717, 1.165) is 49.6 Å². The first-order chi connectivity index (χ1) is 14.7. The second kappa shape index (κ2) is 8.62. The van der Waals surface area contributed by atoms with Crippen molar-refractivity contribution in [2.45, 2.75) is 25.3 Å². The van der Waals surface area contributed by atoms with E-state index in [-0.39, 0.29) is 5.91 Å². The van der Waals surface area contributed by atoms with Crippen molar-refractivity contribution in [2.75, 3.05) is 29.9 Å². The molecule has 1 N–H and O–H groups in total. The lowest BCUT2D eigenvalue weighted by Gasteiger charge is -2.26. The molecule has 0 unspecified atom stereocenters. The molecule has 30 heavy (non-hydrogen) atoms. The molecule has 1 aliphatic carbocycles. The maximum atomic E-state index is 12.7. The van der Waals surface area contributed by atoms with Gasteiger partial charge in [-0.05, 0) is 54.8 Å². The molecule has 0 atom stereocenters. The largest absolute Gasteiger partial charge is 0.420 e. The van der Waals surface area contributed by atoms with Crippen LogP contribution in [0, 0.1) is 0 Å². The van der Waals surface area contributed by atoms with E-state index in [2.05, 4.69) is 26.5 Å². The van der Waals surface area contributed by atoms with E-state index in [1.165, 1.54) is 17.1 Å². The van der Waals surface area contributed by atoms with Gasteiger partial charge in [-0.15, -0.1) is 10.2 Å². The summed E-state index contributed by atoms with van der Waals surface area (Å²) < 4.78 is 5.74. The number of carbonyl (C=O) groups is 1. The van der Waals surface area contributed by atoms with Gasteiger partial charge in [0.25, 0.3) is 5.91 Å². The highest BCUT2D eigenvalue weighted by Crippen LogP contribution is 2.39. The Labute approximate surface area is 180 Å². The van der Waals surface area contributed by atoms with E-state index < -0.39 is 0 Å². The molecule has 2 heterocycles. The zero-order valence-electron chi connectivity index (χ0n) is 16.7. The van der Waals surface area contributed by atoms with Gasteiger partial charge in [0, 0.05) is 53.9 Å². The van der Waals surface area contributed by atoms with E-state index in [1.54, 1.807) is 0 Å².